The van der Waals surface area contributed by atoms with Gasteiger partial charge in [-0.05, 0) is 12.8 Å². The van der Waals surface area contributed by atoms with E-state index in [1.165, 1.54) is 7.11 Å². The standard InChI is InChI=1S/C11H21NO3/c1-4-8-12(9-5-2)10(13)6-7-11(14)15-3/h4-9H2,1-3H3. The topological polar surface area (TPSA) is 46.6 Å². The fourth-order valence-corrected chi connectivity index (χ4v) is 1.37. The Balaban J connectivity index is 3.96. The van der Waals surface area contributed by atoms with Gasteiger partial charge in [0.15, 0.2) is 0 Å². The third-order valence-corrected chi connectivity index (χ3v) is 2.11. The summed E-state index contributed by atoms with van der Waals surface area (Å²) in [6.45, 7) is 5.62. The van der Waals surface area contributed by atoms with Gasteiger partial charge in [0.1, 0.15) is 0 Å². The molecule has 15 heavy (non-hydrogen) atoms. The van der Waals surface area contributed by atoms with Crippen molar-refractivity contribution in [2.75, 3.05) is 20.2 Å². The highest BCUT2D eigenvalue weighted by Crippen LogP contribution is 2.01. The molecule has 0 atom stereocenters. The molecular formula is C11H21NO3. The second-order valence-electron chi connectivity index (χ2n) is 3.46. The number of methoxy groups -OCH3 is 1. The lowest BCUT2D eigenvalue weighted by Gasteiger charge is -2.21. The van der Waals surface area contributed by atoms with Crippen LogP contribution in [-0.4, -0.2) is 37.0 Å². The van der Waals surface area contributed by atoms with Crippen LogP contribution in [0.5, 0.6) is 0 Å². The maximum absolute atomic E-state index is 11.7. The van der Waals surface area contributed by atoms with Crippen molar-refractivity contribution in [3.05, 3.63) is 0 Å². The van der Waals surface area contributed by atoms with Gasteiger partial charge in [0.05, 0.1) is 13.5 Å². The Labute approximate surface area is 91.6 Å². The number of hydrogen-bond donors (Lipinski definition) is 0. The second kappa shape index (κ2) is 8.26. The SMILES string of the molecule is CCCN(CCC)C(=O)CCC(=O)OC. The van der Waals surface area contributed by atoms with Gasteiger partial charge in [-0.3, -0.25) is 9.59 Å². The summed E-state index contributed by atoms with van der Waals surface area (Å²) in [7, 11) is 1.34. The van der Waals surface area contributed by atoms with Crippen molar-refractivity contribution in [3.63, 3.8) is 0 Å². The monoisotopic (exact) mass is 215 g/mol. The summed E-state index contributed by atoms with van der Waals surface area (Å²) in [6.07, 6.45) is 2.33. The van der Waals surface area contributed by atoms with E-state index in [4.69, 9.17) is 0 Å². The van der Waals surface area contributed by atoms with Crippen molar-refractivity contribution in [3.8, 4) is 0 Å². The molecule has 0 saturated carbocycles. The van der Waals surface area contributed by atoms with Crippen LogP contribution in [0.1, 0.15) is 39.5 Å². The summed E-state index contributed by atoms with van der Waals surface area (Å²) >= 11 is 0. The molecule has 0 rings (SSSR count). The molecule has 0 aromatic heterocycles. The zero-order chi connectivity index (χ0) is 11.7. The number of carbonyl (C=O) groups excluding carboxylic acids is 2. The van der Waals surface area contributed by atoms with Crippen molar-refractivity contribution >= 4 is 11.9 Å². The molecule has 4 heteroatoms. The Kier molecular flexibility index (Phi) is 7.68. The van der Waals surface area contributed by atoms with Crippen LogP contribution in [0.2, 0.25) is 0 Å². The van der Waals surface area contributed by atoms with E-state index >= 15 is 0 Å². The average molecular weight is 215 g/mol. The van der Waals surface area contributed by atoms with Crippen LogP contribution in [0, 0.1) is 0 Å². The second-order valence-corrected chi connectivity index (χ2v) is 3.46. The first-order valence-electron chi connectivity index (χ1n) is 5.50. The molecule has 0 aliphatic rings. The van der Waals surface area contributed by atoms with Crippen LogP contribution in [-0.2, 0) is 14.3 Å². The summed E-state index contributed by atoms with van der Waals surface area (Å²) in [5.74, 6) is -0.277. The first-order chi connectivity index (χ1) is 7.15. The van der Waals surface area contributed by atoms with E-state index in [9.17, 15) is 9.59 Å². The Morgan fingerprint density at radius 3 is 2.00 bits per heavy atom. The number of amides is 1. The van der Waals surface area contributed by atoms with Gasteiger partial charge in [-0.1, -0.05) is 13.8 Å². The molecule has 0 fully saturated rings. The van der Waals surface area contributed by atoms with Crippen LogP contribution >= 0.6 is 0 Å². The van der Waals surface area contributed by atoms with Crippen molar-refractivity contribution < 1.29 is 14.3 Å². The van der Waals surface area contributed by atoms with Crippen molar-refractivity contribution in [1.82, 2.24) is 4.90 Å². The Hall–Kier alpha value is -1.06. The number of carbonyl (C=O) groups is 2. The molecular weight excluding hydrogens is 194 g/mol. The van der Waals surface area contributed by atoms with Crippen LogP contribution < -0.4 is 0 Å². The predicted molar refractivity (Wildman–Crippen MR) is 58.4 cm³/mol. The minimum absolute atomic E-state index is 0.0455. The lowest BCUT2D eigenvalue weighted by molar-refractivity contribution is -0.143. The third-order valence-electron chi connectivity index (χ3n) is 2.11. The van der Waals surface area contributed by atoms with E-state index in [0.717, 1.165) is 25.9 Å². The maximum Gasteiger partial charge on any atom is 0.306 e. The molecule has 0 radical (unpaired) electrons. The quantitative estimate of drug-likeness (QED) is 0.606. The number of hydrogen-bond acceptors (Lipinski definition) is 3. The van der Waals surface area contributed by atoms with E-state index in [1.54, 1.807) is 0 Å². The molecule has 0 aromatic carbocycles. The summed E-state index contributed by atoms with van der Waals surface area (Å²) in [6, 6.07) is 0. The van der Waals surface area contributed by atoms with Gasteiger partial charge < -0.3 is 9.64 Å². The van der Waals surface area contributed by atoms with E-state index in [-0.39, 0.29) is 24.7 Å². The maximum atomic E-state index is 11.7. The Bertz CT molecular complexity index is 198. The number of ether oxygens (including phenoxy) is 1. The van der Waals surface area contributed by atoms with Gasteiger partial charge in [-0.25, -0.2) is 0 Å². The molecule has 0 N–H and O–H groups in total. The number of esters is 1. The first-order valence-corrected chi connectivity index (χ1v) is 5.50. The van der Waals surface area contributed by atoms with Crippen LogP contribution in [0.4, 0.5) is 0 Å². The van der Waals surface area contributed by atoms with E-state index in [0.29, 0.717) is 0 Å². The van der Waals surface area contributed by atoms with Crippen molar-refractivity contribution in [2.24, 2.45) is 0 Å². The van der Waals surface area contributed by atoms with Gasteiger partial charge in [0, 0.05) is 19.5 Å². The highest BCUT2D eigenvalue weighted by atomic mass is 16.5. The molecule has 0 bridgehead atoms. The molecule has 0 spiro atoms. The Morgan fingerprint density at radius 2 is 1.60 bits per heavy atom. The fraction of sp³-hybridized carbons (Fsp3) is 0.818. The van der Waals surface area contributed by atoms with Gasteiger partial charge in [0.2, 0.25) is 5.91 Å². The van der Waals surface area contributed by atoms with Gasteiger partial charge in [-0.2, -0.15) is 0 Å². The summed E-state index contributed by atoms with van der Waals surface area (Å²) in [5, 5.41) is 0. The smallest absolute Gasteiger partial charge is 0.306 e. The van der Waals surface area contributed by atoms with Crippen molar-refractivity contribution in [1.29, 1.82) is 0 Å². The molecule has 0 heterocycles. The van der Waals surface area contributed by atoms with Gasteiger partial charge in [-0.15, -0.1) is 0 Å². The summed E-state index contributed by atoms with van der Waals surface area (Å²) in [5.41, 5.74) is 0. The van der Waals surface area contributed by atoms with Crippen LogP contribution in [0.25, 0.3) is 0 Å². The minimum atomic E-state index is -0.323. The first kappa shape index (κ1) is 13.9. The fourth-order valence-electron chi connectivity index (χ4n) is 1.37. The van der Waals surface area contributed by atoms with Gasteiger partial charge >= 0.3 is 5.97 Å². The molecule has 0 saturated heterocycles. The van der Waals surface area contributed by atoms with E-state index in [1.807, 2.05) is 18.7 Å². The Morgan fingerprint density at radius 1 is 1.07 bits per heavy atom. The highest BCUT2D eigenvalue weighted by molar-refractivity contribution is 5.81. The molecule has 0 aliphatic carbocycles. The lowest BCUT2D eigenvalue weighted by Crippen LogP contribution is -2.32. The normalized spacial score (nSPS) is 9.80. The van der Waals surface area contributed by atoms with E-state index < -0.39 is 0 Å². The zero-order valence-corrected chi connectivity index (χ0v) is 9.91. The highest BCUT2D eigenvalue weighted by Gasteiger charge is 2.13. The summed E-state index contributed by atoms with van der Waals surface area (Å²) < 4.78 is 4.49. The molecule has 0 aromatic rings. The third kappa shape index (κ3) is 6.10. The summed E-state index contributed by atoms with van der Waals surface area (Å²) in [4.78, 5) is 24.3. The number of rotatable bonds is 7. The van der Waals surface area contributed by atoms with E-state index in [2.05, 4.69) is 4.74 Å². The minimum Gasteiger partial charge on any atom is -0.469 e. The van der Waals surface area contributed by atoms with Crippen LogP contribution in [0.3, 0.4) is 0 Å². The molecule has 0 unspecified atom stereocenters. The van der Waals surface area contributed by atoms with Gasteiger partial charge in [0.25, 0.3) is 0 Å². The zero-order valence-electron chi connectivity index (χ0n) is 9.91. The molecule has 88 valence electrons. The lowest BCUT2D eigenvalue weighted by atomic mass is 10.2. The molecule has 1 amide bonds. The van der Waals surface area contributed by atoms with Crippen LogP contribution in [0.15, 0.2) is 0 Å². The largest absolute Gasteiger partial charge is 0.469 e. The molecule has 4 nitrogen and oxygen atoms in total. The van der Waals surface area contributed by atoms with Crippen molar-refractivity contribution in [2.45, 2.75) is 39.5 Å². The number of nitrogens with zero attached hydrogens (tertiary/aromatic N) is 1. The predicted octanol–water partition coefficient (Wildman–Crippen LogP) is 1.59. The average Bonchev–Trinajstić information content (AvgIpc) is 2.25. The molecule has 0 aliphatic heterocycles.